The number of benzene rings is 2. The molecule has 0 aromatic heterocycles. The molecule has 2 heterocycles. The van der Waals surface area contributed by atoms with Crippen LogP contribution < -0.4 is 10.5 Å². The molecule has 0 aliphatic carbocycles. The third kappa shape index (κ3) is 2.96. The summed E-state index contributed by atoms with van der Waals surface area (Å²) in [7, 11) is 0. The predicted molar refractivity (Wildman–Crippen MR) is 106 cm³/mol. The Hall–Kier alpha value is -2.54. The fourth-order valence-electron chi connectivity index (χ4n) is 3.75. The molecule has 1 unspecified atom stereocenters. The summed E-state index contributed by atoms with van der Waals surface area (Å²) in [6.07, 6.45) is -0.160. The van der Waals surface area contributed by atoms with Crippen LogP contribution in [0.15, 0.2) is 46.9 Å². The molecule has 6 nitrogen and oxygen atoms in total. The number of hydrogen-bond acceptors (Lipinski definition) is 5. The van der Waals surface area contributed by atoms with Crippen LogP contribution >= 0.6 is 15.9 Å². The van der Waals surface area contributed by atoms with Crippen molar-refractivity contribution >= 4 is 33.5 Å². The number of nitrogens with zero attached hydrogens (tertiary/aromatic N) is 1. The molecule has 1 amide bonds. The molecule has 140 valence electrons. The smallest absolute Gasteiger partial charge is 0.417 e. The fraction of sp³-hybridized carbons (Fsp3) is 0.300. The average molecular weight is 430 g/mol. The number of hydrogen-bond donors (Lipinski definition) is 2. The summed E-state index contributed by atoms with van der Waals surface area (Å²) in [5, 5.41) is 8.83. The molecule has 0 bridgehead atoms. The third-order valence-electron chi connectivity index (χ3n) is 4.89. The van der Waals surface area contributed by atoms with Gasteiger partial charge in [0.25, 0.3) is 0 Å². The molecular weight excluding hydrogens is 410 g/mol. The van der Waals surface area contributed by atoms with E-state index in [0.717, 1.165) is 10.0 Å². The standard InChI is InChI=1S/C20H20BrN3O3/c1-19(2)11-20(15-9-13(21)5-8-16(15)26-19)17(23)24(18(25)27-20)10-12-3-6-14(22)7-4-12/h3-9,23H,10-11,22H2,1-2H3. The van der Waals surface area contributed by atoms with E-state index < -0.39 is 17.3 Å². The minimum Gasteiger partial charge on any atom is -0.487 e. The van der Waals surface area contributed by atoms with Gasteiger partial charge in [0.05, 0.1) is 6.54 Å². The fourth-order valence-corrected chi connectivity index (χ4v) is 4.11. The van der Waals surface area contributed by atoms with Crippen molar-refractivity contribution < 1.29 is 14.3 Å². The number of anilines is 1. The largest absolute Gasteiger partial charge is 0.487 e. The molecule has 1 saturated heterocycles. The summed E-state index contributed by atoms with van der Waals surface area (Å²) in [5.41, 5.74) is 6.21. The Bertz CT molecular complexity index is 942. The van der Waals surface area contributed by atoms with Crippen molar-refractivity contribution in [2.45, 2.75) is 38.0 Å². The van der Waals surface area contributed by atoms with Crippen molar-refractivity contribution in [1.82, 2.24) is 4.90 Å². The molecular formula is C20H20BrN3O3. The molecule has 2 aliphatic rings. The normalized spacial score (nSPS) is 23.1. The van der Waals surface area contributed by atoms with E-state index in [9.17, 15) is 4.79 Å². The number of carbonyl (C=O) groups is 1. The maximum Gasteiger partial charge on any atom is 0.417 e. The van der Waals surface area contributed by atoms with Crippen LogP contribution in [0.4, 0.5) is 10.5 Å². The van der Waals surface area contributed by atoms with E-state index in [4.69, 9.17) is 20.6 Å². The number of amidine groups is 1. The van der Waals surface area contributed by atoms with E-state index in [-0.39, 0.29) is 12.4 Å². The van der Waals surface area contributed by atoms with Crippen LogP contribution in [0, 0.1) is 5.41 Å². The second-order valence-electron chi connectivity index (χ2n) is 7.55. The lowest BCUT2D eigenvalue weighted by molar-refractivity contribution is -0.0208. The van der Waals surface area contributed by atoms with Crippen LogP contribution in [-0.2, 0) is 16.9 Å². The minimum atomic E-state index is -1.16. The van der Waals surface area contributed by atoms with Crippen molar-refractivity contribution in [3.63, 3.8) is 0 Å². The topological polar surface area (TPSA) is 88.6 Å². The van der Waals surface area contributed by atoms with Crippen LogP contribution in [-0.4, -0.2) is 22.4 Å². The van der Waals surface area contributed by atoms with Gasteiger partial charge in [0.15, 0.2) is 5.84 Å². The van der Waals surface area contributed by atoms with Gasteiger partial charge < -0.3 is 15.2 Å². The zero-order chi connectivity index (χ0) is 19.4. The van der Waals surface area contributed by atoms with Gasteiger partial charge in [-0.25, -0.2) is 4.79 Å². The van der Waals surface area contributed by atoms with Crippen molar-refractivity contribution in [3.05, 3.63) is 58.1 Å². The van der Waals surface area contributed by atoms with Crippen molar-refractivity contribution in [3.8, 4) is 5.75 Å². The maximum atomic E-state index is 12.7. The molecule has 1 atom stereocenters. The highest BCUT2D eigenvalue weighted by atomic mass is 79.9. The quantitative estimate of drug-likeness (QED) is 0.691. The molecule has 7 heteroatoms. The van der Waals surface area contributed by atoms with Crippen molar-refractivity contribution in [2.24, 2.45) is 0 Å². The van der Waals surface area contributed by atoms with Crippen LogP contribution in [0.1, 0.15) is 31.4 Å². The van der Waals surface area contributed by atoms with Gasteiger partial charge in [-0.3, -0.25) is 10.3 Å². The molecule has 0 saturated carbocycles. The molecule has 2 aromatic carbocycles. The van der Waals surface area contributed by atoms with Gasteiger partial charge in [0.2, 0.25) is 5.60 Å². The zero-order valence-electron chi connectivity index (χ0n) is 15.1. The molecule has 1 fully saturated rings. The van der Waals surface area contributed by atoms with Gasteiger partial charge in [0, 0.05) is 22.1 Å². The van der Waals surface area contributed by atoms with Crippen LogP contribution in [0.2, 0.25) is 0 Å². The Balaban J connectivity index is 1.75. The van der Waals surface area contributed by atoms with E-state index in [0.29, 0.717) is 23.4 Å². The summed E-state index contributed by atoms with van der Waals surface area (Å²) >= 11 is 3.47. The Morgan fingerprint density at radius 2 is 1.89 bits per heavy atom. The first-order valence-corrected chi connectivity index (χ1v) is 9.42. The third-order valence-corrected chi connectivity index (χ3v) is 5.39. The molecule has 4 rings (SSSR count). The lowest BCUT2D eigenvalue weighted by Gasteiger charge is -2.42. The highest BCUT2D eigenvalue weighted by molar-refractivity contribution is 9.10. The molecule has 27 heavy (non-hydrogen) atoms. The van der Waals surface area contributed by atoms with Crippen LogP contribution in [0.3, 0.4) is 0 Å². The average Bonchev–Trinajstić information content (AvgIpc) is 2.81. The number of rotatable bonds is 2. The summed E-state index contributed by atoms with van der Waals surface area (Å²) in [5.74, 6) is 0.751. The zero-order valence-corrected chi connectivity index (χ0v) is 16.7. The number of nitrogen functional groups attached to an aromatic ring is 1. The monoisotopic (exact) mass is 429 g/mol. The lowest BCUT2D eigenvalue weighted by Crippen LogP contribution is -2.49. The van der Waals surface area contributed by atoms with Crippen molar-refractivity contribution in [2.75, 3.05) is 5.73 Å². The second kappa shape index (κ2) is 5.99. The number of amides is 1. The van der Waals surface area contributed by atoms with Crippen LogP contribution in [0.5, 0.6) is 5.75 Å². The second-order valence-corrected chi connectivity index (χ2v) is 8.47. The summed E-state index contributed by atoms with van der Waals surface area (Å²) in [4.78, 5) is 14.1. The number of halogens is 1. The number of ether oxygens (including phenoxy) is 2. The predicted octanol–water partition coefficient (Wildman–Crippen LogP) is 4.42. The Morgan fingerprint density at radius 1 is 1.19 bits per heavy atom. The summed E-state index contributed by atoms with van der Waals surface area (Å²) < 4.78 is 12.8. The SMILES string of the molecule is CC1(C)CC2(OC(=O)N(Cc3ccc(N)cc3)C2=N)c2cc(Br)ccc2O1. The number of carbonyl (C=O) groups excluding carboxylic acids is 1. The molecule has 1 spiro atoms. The molecule has 2 aliphatic heterocycles. The van der Waals surface area contributed by atoms with E-state index in [1.807, 2.05) is 44.2 Å². The molecule has 3 N–H and O–H groups in total. The van der Waals surface area contributed by atoms with Gasteiger partial charge in [-0.2, -0.15) is 0 Å². The highest BCUT2D eigenvalue weighted by Crippen LogP contribution is 2.50. The van der Waals surface area contributed by atoms with Gasteiger partial charge in [-0.15, -0.1) is 0 Å². The minimum absolute atomic E-state index is 0.125. The first-order valence-electron chi connectivity index (χ1n) is 8.63. The lowest BCUT2D eigenvalue weighted by atomic mass is 9.79. The van der Waals surface area contributed by atoms with Gasteiger partial charge in [-0.05, 0) is 49.7 Å². The van der Waals surface area contributed by atoms with Gasteiger partial charge >= 0.3 is 6.09 Å². The Morgan fingerprint density at radius 3 is 2.59 bits per heavy atom. The van der Waals surface area contributed by atoms with E-state index >= 15 is 0 Å². The Labute approximate surface area is 165 Å². The number of nitrogens with one attached hydrogen (secondary N) is 1. The first kappa shape index (κ1) is 17.9. The maximum absolute atomic E-state index is 12.7. The summed E-state index contributed by atoms with van der Waals surface area (Å²) in [6.45, 7) is 4.12. The van der Waals surface area contributed by atoms with Gasteiger partial charge in [0.1, 0.15) is 11.4 Å². The van der Waals surface area contributed by atoms with Gasteiger partial charge in [-0.1, -0.05) is 28.1 Å². The van der Waals surface area contributed by atoms with E-state index in [1.165, 1.54) is 4.90 Å². The number of nitrogens with two attached hydrogens (primary N) is 1. The van der Waals surface area contributed by atoms with E-state index in [1.54, 1.807) is 12.1 Å². The highest BCUT2D eigenvalue weighted by Gasteiger charge is 2.58. The summed E-state index contributed by atoms with van der Waals surface area (Å²) in [6, 6.07) is 12.8. The Kier molecular flexibility index (Phi) is 3.96. The molecule has 2 aromatic rings. The van der Waals surface area contributed by atoms with Crippen LogP contribution in [0.25, 0.3) is 0 Å². The van der Waals surface area contributed by atoms with Crippen molar-refractivity contribution in [1.29, 1.82) is 5.41 Å². The van der Waals surface area contributed by atoms with E-state index in [2.05, 4.69) is 15.9 Å². The first-order chi connectivity index (χ1) is 12.7. The number of fused-ring (bicyclic) bond motifs is 2. The molecule has 0 radical (unpaired) electrons.